The number of nitrogens with two attached hydrogens (primary N) is 1. The standard InChI is InChI=1S/C13H14N8O3/c1-12(19-20-16)10(23)8(4-22)24-13(12,5-14)9-3-2-7-11(15)17-6-18-21(7)9/h2-3,6,8,10,22-23H,4H2,1H3,(H2,15,17,18)/t8-,10-,12-,13+/m1/s1. The largest absolute Gasteiger partial charge is 0.394 e. The summed E-state index contributed by atoms with van der Waals surface area (Å²) < 4.78 is 7.01. The Morgan fingerprint density at radius 3 is 3.00 bits per heavy atom. The van der Waals surface area contributed by atoms with Gasteiger partial charge >= 0.3 is 0 Å². The van der Waals surface area contributed by atoms with Crippen molar-refractivity contribution in [2.45, 2.75) is 30.3 Å². The summed E-state index contributed by atoms with van der Waals surface area (Å²) in [4.78, 5) is 6.61. The second-order valence-corrected chi connectivity index (χ2v) is 5.57. The van der Waals surface area contributed by atoms with Crippen molar-refractivity contribution in [1.82, 2.24) is 14.6 Å². The lowest BCUT2D eigenvalue weighted by molar-refractivity contribution is -0.0560. The Hall–Kier alpha value is -2.90. The number of nitrogens with zero attached hydrogens (tertiary/aromatic N) is 7. The molecule has 0 aromatic carbocycles. The number of anilines is 1. The summed E-state index contributed by atoms with van der Waals surface area (Å²) in [6.45, 7) is 0.835. The summed E-state index contributed by atoms with van der Waals surface area (Å²) in [7, 11) is 0. The van der Waals surface area contributed by atoms with Gasteiger partial charge in [0.2, 0.25) is 5.60 Å². The molecule has 4 N–H and O–H groups in total. The molecule has 4 atom stereocenters. The van der Waals surface area contributed by atoms with E-state index in [-0.39, 0.29) is 11.5 Å². The topological polar surface area (TPSA) is 178 Å². The molecule has 0 amide bonds. The van der Waals surface area contributed by atoms with E-state index < -0.39 is 30.0 Å². The Balaban J connectivity index is 2.33. The van der Waals surface area contributed by atoms with Crippen LogP contribution in [0.25, 0.3) is 16.0 Å². The quantitative estimate of drug-likeness (QED) is 0.397. The van der Waals surface area contributed by atoms with Gasteiger partial charge in [0.25, 0.3) is 0 Å². The molecule has 1 aliphatic rings. The Bertz CT molecular complexity index is 885. The fourth-order valence-electron chi connectivity index (χ4n) is 3.08. The summed E-state index contributed by atoms with van der Waals surface area (Å²) in [5, 5.41) is 37.5. The van der Waals surface area contributed by atoms with Crippen molar-refractivity contribution < 1.29 is 14.9 Å². The molecule has 0 saturated carbocycles. The fraction of sp³-hybridized carbons (Fsp3) is 0.462. The number of ether oxygens (including phenoxy) is 1. The van der Waals surface area contributed by atoms with E-state index >= 15 is 0 Å². The highest BCUT2D eigenvalue weighted by atomic mass is 16.5. The minimum atomic E-state index is -1.88. The molecule has 11 heteroatoms. The molecule has 24 heavy (non-hydrogen) atoms. The zero-order valence-electron chi connectivity index (χ0n) is 12.6. The van der Waals surface area contributed by atoms with Gasteiger partial charge in [0.05, 0.1) is 18.4 Å². The van der Waals surface area contributed by atoms with E-state index in [1.54, 1.807) is 6.07 Å². The van der Waals surface area contributed by atoms with E-state index in [4.69, 9.17) is 16.0 Å². The zero-order valence-corrected chi connectivity index (χ0v) is 12.6. The lowest BCUT2D eigenvalue weighted by Crippen LogP contribution is -2.50. The van der Waals surface area contributed by atoms with Crippen molar-refractivity contribution >= 4 is 11.3 Å². The van der Waals surface area contributed by atoms with Gasteiger partial charge in [-0.3, -0.25) is 0 Å². The first-order chi connectivity index (χ1) is 11.4. The molecule has 0 radical (unpaired) electrons. The average Bonchev–Trinajstić information content (AvgIpc) is 3.09. The average molecular weight is 330 g/mol. The van der Waals surface area contributed by atoms with Gasteiger partial charge in [0, 0.05) is 4.91 Å². The molecule has 11 nitrogen and oxygen atoms in total. The number of nitrogen functional groups attached to an aromatic ring is 1. The van der Waals surface area contributed by atoms with Gasteiger partial charge in [-0.25, -0.2) is 9.50 Å². The normalized spacial score (nSPS) is 32.4. The highest BCUT2D eigenvalue weighted by molar-refractivity contribution is 5.66. The number of aliphatic hydroxyl groups excluding tert-OH is 2. The second-order valence-electron chi connectivity index (χ2n) is 5.57. The predicted molar refractivity (Wildman–Crippen MR) is 80.2 cm³/mol. The SMILES string of the molecule is C[C@@]1(N=[N+]=[N-])[C@H](O)[C@@H](CO)O[C@@]1(C#N)c1ccc2c(N)ncnn12. The van der Waals surface area contributed by atoms with Crippen LogP contribution in [0.5, 0.6) is 0 Å². The van der Waals surface area contributed by atoms with Crippen molar-refractivity contribution in [2.24, 2.45) is 5.11 Å². The molecule has 0 spiro atoms. The summed E-state index contributed by atoms with van der Waals surface area (Å²) in [6, 6.07) is 5.10. The van der Waals surface area contributed by atoms with Crippen LogP contribution in [0, 0.1) is 11.3 Å². The van der Waals surface area contributed by atoms with Gasteiger partial charge in [0.15, 0.2) is 5.82 Å². The molecule has 0 bridgehead atoms. The first kappa shape index (κ1) is 16.0. The number of nitriles is 1. The maximum absolute atomic E-state index is 10.5. The van der Waals surface area contributed by atoms with Crippen molar-refractivity contribution in [1.29, 1.82) is 5.26 Å². The molecule has 3 rings (SSSR count). The van der Waals surface area contributed by atoms with Gasteiger partial charge < -0.3 is 20.7 Å². The van der Waals surface area contributed by atoms with Gasteiger partial charge in [0.1, 0.15) is 29.6 Å². The Labute approximate surface area is 135 Å². The third-order valence-electron chi connectivity index (χ3n) is 4.40. The fourth-order valence-corrected chi connectivity index (χ4v) is 3.08. The molecule has 1 saturated heterocycles. The number of hydrogen-bond donors (Lipinski definition) is 3. The number of aromatic nitrogens is 3. The second kappa shape index (κ2) is 5.33. The lowest BCUT2D eigenvalue weighted by atomic mass is 9.78. The van der Waals surface area contributed by atoms with Crippen LogP contribution in [0.4, 0.5) is 5.82 Å². The van der Waals surface area contributed by atoms with Crippen molar-refractivity contribution in [3.8, 4) is 6.07 Å². The van der Waals surface area contributed by atoms with Crippen LogP contribution in [0.1, 0.15) is 12.6 Å². The minimum absolute atomic E-state index is 0.187. The summed E-state index contributed by atoms with van der Waals surface area (Å²) in [5.41, 5.74) is 11.8. The third kappa shape index (κ3) is 1.79. The summed E-state index contributed by atoms with van der Waals surface area (Å²) >= 11 is 0. The van der Waals surface area contributed by atoms with Crippen LogP contribution in [-0.2, 0) is 10.3 Å². The Morgan fingerprint density at radius 1 is 1.62 bits per heavy atom. The van der Waals surface area contributed by atoms with Crippen LogP contribution in [-0.4, -0.2) is 49.2 Å². The van der Waals surface area contributed by atoms with Crippen molar-refractivity contribution in [3.05, 3.63) is 34.6 Å². The Morgan fingerprint density at radius 2 is 2.38 bits per heavy atom. The molecular weight excluding hydrogens is 316 g/mol. The molecule has 124 valence electrons. The predicted octanol–water partition coefficient (Wildman–Crippen LogP) is -0.149. The molecule has 2 aromatic rings. The van der Waals surface area contributed by atoms with Crippen LogP contribution in [0.3, 0.4) is 0 Å². The smallest absolute Gasteiger partial charge is 0.210 e. The first-order valence-electron chi connectivity index (χ1n) is 6.98. The summed E-state index contributed by atoms with van der Waals surface area (Å²) in [5.74, 6) is 0.187. The van der Waals surface area contributed by atoms with Crippen LogP contribution < -0.4 is 5.73 Å². The molecule has 1 aliphatic heterocycles. The van der Waals surface area contributed by atoms with E-state index in [1.807, 2.05) is 6.07 Å². The lowest BCUT2D eigenvalue weighted by Gasteiger charge is -2.33. The molecular formula is C13H14N8O3. The van der Waals surface area contributed by atoms with Gasteiger partial charge in [-0.2, -0.15) is 10.4 Å². The van der Waals surface area contributed by atoms with Crippen molar-refractivity contribution in [2.75, 3.05) is 12.3 Å². The zero-order chi connectivity index (χ0) is 17.5. The molecule has 2 aromatic heterocycles. The number of azide groups is 1. The maximum Gasteiger partial charge on any atom is 0.210 e. The number of aliphatic hydroxyl groups is 2. The third-order valence-corrected chi connectivity index (χ3v) is 4.40. The monoisotopic (exact) mass is 330 g/mol. The maximum atomic E-state index is 10.5. The van der Waals surface area contributed by atoms with Crippen molar-refractivity contribution in [3.63, 3.8) is 0 Å². The number of rotatable bonds is 3. The van der Waals surface area contributed by atoms with Gasteiger partial charge in [-0.1, -0.05) is 5.11 Å². The Kier molecular flexibility index (Phi) is 3.55. The van der Waals surface area contributed by atoms with E-state index in [0.29, 0.717) is 5.52 Å². The highest BCUT2D eigenvalue weighted by Gasteiger charge is 2.65. The van der Waals surface area contributed by atoms with Gasteiger partial charge in [-0.05, 0) is 24.6 Å². The molecule has 3 heterocycles. The van der Waals surface area contributed by atoms with Crippen LogP contribution in [0.15, 0.2) is 23.6 Å². The molecule has 0 aliphatic carbocycles. The molecule has 0 unspecified atom stereocenters. The number of hydrogen-bond acceptors (Lipinski definition) is 8. The summed E-state index contributed by atoms with van der Waals surface area (Å²) in [6.07, 6.45) is -1.30. The van der Waals surface area contributed by atoms with Crippen LogP contribution >= 0.6 is 0 Å². The van der Waals surface area contributed by atoms with E-state index in [0.717, 1.165) is 0 Å². The van der Waals surface area contributed by atoms with Crippen LogP contribution in [0.2, 0.25) is 0 Å². The van der Waals surface area contributed by atoms with E-state index in [2.05, 4.69) is 20.1 Å². The van der Waals surface area contributed by atoms with E-state index in [9.17, 15) is 15.5 Å². The highest BCUT2D eigenvalue weighted by Crippen LogP contribution is 2.49. The number of fused-ring (bicyclic) bond motifs is 1. The minimum Gasteiger partial charge on any atom is -0.394 e. The molecule has 1 fully saturated rings. The van der Waals surface area contributed by atoms with Gasteiger partial charge in [-0.15, -0.1) is 0 Å². The van der Waals surface area contributed by atoms with E-state index in [1.165, 1.54) is 23.8 Å². The first-order valence-corrected chi connectivity index (χ1v) is 6.98.